The highest BCUT2D eigenvalue weighted by Crippen LogP contribution is 2.19. The summed E-state index contributed by atoms with van der Waals surface area (Å²) in [6.45, 7) is 7.89. The summed E-state index contributed by atoms with van der Waals surface area (Å²) in [5.41, 5.74) is 7.74. The van der Waals surface area contributed by atoms with Crippen molar-refractivity contribution in [2.45, 2.75) is 33.4 Å². The summed E-state index contributed by atoms with van der Waals surface area (Å²) in [7, 11) is 0. The van der Waals surface area contributed by atoms with Gasteiger partial charge in [-0.25, -0.2) is 0 Å². The van der Waals surface area contributed by atoms with E-state index in [2.05, 4.69) is 21.0 Å². The zero-order valence-electron chi connectivity index (χ0n) is 9.46. The second-order valence-corrected chi connectivity index (χ2v) is 4.27. The number of aryl methyl sites for hydroxylation is 1. The number of hydrogen-bond acceptors (Lipinski definition) is 3. The molecule has 1 heterocycles. The Labute approximate surface area is 98.9 Å². The molecule has 4 nitrogen and oxygen atoms in total. The molecule has 1 aromatic rings. The van der Waals surface area contributed by atoms with Crippen molar-refractivity contribution in [1.82, 2.24) is 9.78 Å². The van der Waals surface area contributed by atoms with Crippen molar-refractivity contribution in [3.63, 3.8) is 0 Å². The summed E-state index contributed by atoms with van der Waals surface area (Å²) in [5.74, 6) is 0. The summed E-state index contributed by atoms with van der Waals surface area (Å²) in [6.07, 6.45) is 0.0416. The van der Waals surface area contributed by atoms with Gasteiger partial charge in [-0.3, -0.25) is 4.68 Å². The van der Waals surface area contributed by atoms with Crippen LogP contribution in [0.15, 0.2) is 4.47 Å². The van der Waals surface area contributed by atoms with E-state index in [1.807, 2.05) is 25.5 Å². The van der Waals surface area contributed by atoms with Crippen LogP contribution in [0.5, 0.6) is 0 Å². The Bertz CT molecular complexity index is 325. The van der Waals surface area contributed by atoms with Crippen LogP contribution in [0.3, 0.4) is 0 Å². The Morgan fingerprint density at radius 3 is 2.60 bits per heavy atom. The van der Waals surface area contributed by atoms with E-state index in [4.69, 9.17) is 10.5 Å². The molecule has 1 atom stereocenters. The summed E-state index contributed by atoms with van der Waals surface area (Å²) in [4.78, 5) is 0. The number of aromatic nitrogens is 2. The lowest BCUT2D eigenvalue weighted by Gasteiger charge is -2.15. The molecule has 0 radical (unpaired) electrons. The van der Waals surface area contributed by atoms with Gasteiger partial charge >= 0.3 is 0 Å². The quantitative estimate of drug-likeness (QED) is 0.889. The van der Waals surface area contributed by atoms with Crippen molar-refractivity contribution in [1.29, 1.82) is 0 Å². The molecule has 5 heteroatoms. The van der Waals surface area contributed by atoms with Gasteiger partial charge in [-0.1, -0.05) is 0 Å². The zero-order chi connectivity index (χ0) is 11.4. The molecule has 15 heavy (non-hydrogen) atoms. The van der Waals surface area contributed by atoms with Crippen LogP contribution in [0.4, 0.5) is 0 Å². The van der Waals surface area contributed by atoms with Gasteiger partial charge in [0.15, 0.2) is 0 Å². The molecule has 0 saturated heterocycles. The van der Waals surface area contributed by atoms with Gasteiger partial charge in [0.05, 0.1) is 22.8 Å². The maximum absolute atomic E-state index is 5.62. The molecule has 0 aliphatic heterocycles. The lowest BCUT2D eigenvalue weighted by Crippen LogP contribution is -2.29. The third kappa shape index (κ3) is 3.03. The van der Waals surface area contributed by atoms with Crippen molar-refractivity contribution in [3.8, 4) is 0 Å². The van der Waals surface area contributed by atoms with E-state index in [1.165, 1.54) is 0 Å². The summed E-state index contributed by atoms with van der Waals surface area (Å²) in [5, 5.41) is 4.41. The SMILES string of the molecule is CCOC(CN)Cn1nc(C)c(Br)c1C. The van der Waals surface area contributed by atoms with E-state index in [0.717, 1.165) is 15.9 Å². The Balaban J connectivity index is 2.74. The largest absolute Gasteiger partial charge is 0.375 e. The van der Waals surface area contributed by atoms with E-state index in [0.29, 0.717) is 19.7 Å². The van der Waals surface area contributed by atoms with Crippen LogP contribution < -0.4 is 5.73 Å². The topological polar surface area (TPSA) is 53.1 Å². The number of rotatable bonds is 5. The zero-order valence-corrected chi connectivity index (χ0v) is 11.0. The van der Waals surface area contributed by atoms with E-state index in [-0.39, 0.29) is 6.10 Å². The number of nitrogens with two attached hydrogens (primary N) is 1. The third-order valence-electron chi connectivity index (χ3n) is 2.34. The minimum atomic E-state index is 0.0416. The first-order chi connectivity index (χ1) is 7.10. The normalized spacial score (nSPS) is 13.1. The lowest BCUT2D eigenvalue weighted by molar-refractivity contribution is 0.0537. The Kier molecular flexibility index (Phi) is 4.76. The van der Waals surface area contributed by atoms with Gasteiger partial charge in [0.25, 0.3) is 0 Å². The minimum Gasteiger partial charge on any atom is -0.375 e. The van der Waals surface area contributed by atoms with Gasteiger partial charge in [0.1, 0.15) is 0 Å². The van der Waals surface area contributed by atoms with Crippen LogP contribution in [0, 0.1) is 13.8 Å². The van der Waals surface area contributed by atoms with Crippen LogP contribution in [-0.2, 0) is 11.3 Å². The maximum atomic E-state index is 5.62. The molecule has 1 aromatic heterocycles. The fraction of sp³-hybridized carbons (Fsp3) is 0.700. The first kappa shape index (κ1) is 12.7. The summed E-state index contributed by atoms with van der Waals surface area (Å²) in [6, 6.07) is 0. The van der Waals surface area contributed by atoms with Crippen molar-refractivity contribution in [2.24, 2.45) is 5.73 Å². The molecular weight excluding hydrogens is 258 g/mol. The number of ether oxygens (including phenoxy) is 1. The fourth-order valence-electron chi connectivity index (χ4n) is 1.48. The van der Waals surface area contributed by atoms with Crippen molar-refractivity contribution >= 4 is 15.9 Å². The highest BCUT2D eigenvalue weighted by molar-refractivity contribution is 9.10. The molecule has 0 amide bonds. The van der Waals surface area contributed by atoms with Gasteiger partial charge in [-0.15, -0.1) is 0 Å². The average Bonchev–Trinajstić information content (AvgIpc) is 2.46. The number of hydrogen-bond donors (Lipinski definition) is 1. The van der Waals surface area contributed by atoms with Crippen LogP contribution >= 0.6 is 15.9 Å². The van der Waals surface area contributed by atoms with E-state index < -0.39 is 0 Å². The predicted octanol–water partition coefficient (Wildman–Crippen LogP) is 1.63. The summed E-state index contributed by atoms with van der Waals surface area (Å²) < 4.78 is 8.50. The van der Waals surface area contributed by atoms with Gasteiger partial charge in [-0.05, 0) is 36.7 Å². The number of halogens is 1. The molecule has 0 bridgehead atoms. The summed E-state index contributed by atoms with van der Waals surface area (Å²) >= 11 is 3.50. The highest BCUT2D eigenvalue weighted by atomic mass is 79.9. The van der Waals surface area contributed by atoms with Gasteiger partial charge < -0.3 is 10.5 Å². The molecule has 86 valence electrons. The standard InChI is InChI=1S/C10H18BrN3O/c1-4-15-9(5-12)6-14-8(3)10(11)7(2)13-14/h9H,4-6,12H2,1-3H3. The van der Waals surface area contributed by atoms with Gasteiger partial charge in [0.2, 0.25) is 0 Å². The molecule has 1 rings (SSSR count). The smallest absolute Gasteiger partial charge is 0.0892 e. The molecule has 0 fully saturated rings. The highest BCUT2D eigenvalue weighted by Gasteiger charge is 2.13. The van der Waals surface area contributed by atoms with Crippen molar-refractivity contribution < 1.29 is 4.74 Å². The van der Waals surface area contributed by atoms with Crippen molar-refractivity contribution in [3.05, 3.63) is 15.9 Å². The second kappa shape index (κ2) is 5.63. The molecule has 0 aliphatic rings. The van der Waals surface area contributed by atoms with Gasteiger partial charge in [-0.2, -0.15) is 5.10 Å². The van der Waals surface area contributed by atoms with Gasteiger partial charge in [0, 0.05) is 18.8 Å². The van der Waals surface area contributed by atoms with E-state index >= 15 is 0 Å². The van der Waals surface area contributed by atoms with Crippen LogP contribution in [0.1, 0.15) is 18.3 Å². The number of nitrogens with zero attached hydrogens (tertiary/aromatic N) is 2. The third-order valence-corrected chi connectivity index (χ3v) is 3.48. The Morgan fingerprint density at radius 2 is 2.20 bits per heavy atom. The first-order valence-corrected chi connectivity index (χ1v) is 5.90. The molecule has 2 N–H and O–H groups in total. The van der Waals surface area contributed by atoms with E-state index in [1.54, 1.807) is 0 Å². The lowest BCUT2D eigenvalue weighted by atomic mass is 10.3. The Hall–Kier alpha value is -0.390. The Morgan fingerprint density at radius 1 is 1.53 bits per heavy atom. The van der Waals surface area contributed by atoms with E-state index in [9.17, 15) is 0 Å². The minimum absolute atomic E-state index is 0.0416. The monoisotopic (exact) mass is 275 g/mol. The molecule has 0 aliphatic carbocycles. The molecule has 0 aromatic carbocycles. The van der Waals surface area contributed by atoms with Crippen LogP contribution in [0.25, 0.3) is 0 Å². The maximum Gasteiger partial charge on any atom is 0.0892 e. The molecular formula is C10H18BrN3O. The van der Waals surface area contributed by atoms with Crippen molar-refractivity contribution in [2.75, 3.05) is 13.2 Å². The van der Waals surface area contributed by atoms with Crippen LogP contribution in [-0.4, -0.2) is 29.0 Å². The second-order valence-electron chi connectivity index (χ2n) is 3.48. The van der Waals surface area contributed by atoms with Crippen LogP contribution in [0.2, 0.25) is 0 Å². The molecule has 1 unspecified atom stereocenters. The first-order valence-electron chi connectivity index (χ1n) is 5.11. The predicted molar refractivity (Wildman–Crippen MR) is 63.9 cm³/mol. The average molecular weight is 276 g/mol. The molecule has 0 saturated carbocycles. The molecule has 0 spiro atoms. The fourth-order valence-corrected chi connectivity index (χ4v) is 1.76.